The number of rotatable bonds is 5. The number of aromatic amines is 1. The zero-order chi connectivity index (χ0) is 17.2. The van der Waals surface area contributed by atoms with Gasteiger partial charge in [-0.25, -0.2) is 4.39 Å². The molecule has 0 spiro atoms. The second-order valence-electron chi connectivity index (χ2n) is 6.45. The summed E-state index contributed by atoms with van der Waals surface area (Å²) in [5.74, 6) is -0.247. The van der Waals surface area contributed by atoms with Crippen molar-refractivity contribution in [2.24, 2.45) is 0 Å². The highest BCUT2D eigenvalue weighted by atomic mass is 19.1. The van der Waals surface area contributed by atoms with E-state index < -0.39 is 0 Å². The first-order chi connectivity index (χ1) is 12.2. The van der Waals surface area contributed by atoms with Crippen LogP contribution in [-0.4, -0.2) is 46.1 Å². The third-order valence-electron chi connectivity index (χ3n) is 4.68. The van der Waals surface area contributed by atoms with Crippen molar-refractivity contribution in [2.75, 3.05) is 26.2 Å². The first kappa shape index (κ1) is 16.0. The van der Waals surface area contributed by atoms with Crippen molar-refractivity contribution >= 4 is 11.0 Å². The topological polar surface area (TPSA) is 54.0 Å². The Morgan fingerprint density at radius 1 is 1.20 bits per heavy atom. The molecule has 25 heavy (non-hydrogen) atoms. The van der Waals surface area contributed by atoms with Gasteiger partial charge in [-0.2, -0.15) is 9.97 Å². The van der Waals surface area contributed by atoms with Crippen molar-refractivity contribution in [3.8, 4) is 17.3 Å². The zero-order valence-electron chi connectivity index (χ0n) is 14.3. The average Bonchev–Trinajstić information content (AvgIpc) is 3.25. The molecule has 3 aromatic rings. The Bertz CT molecular complexity index is 886. The molecule has 1 saturated heterocycles. The Kier molecular flexibility index (Phi) is 4.36. The minimum atomic E-state index is -0.247. The number of aromatic nitrogens is 3. The molecule has 0 bridgehead atoms. The Labute approximate surface area is 145 Å². The fourth-order valence-electron chi connectivity index (χ4n) is 3.36. The summed E-state index contributed by atoms with van der Waals surface area (Å²) < 4.78 is 19.3. The number of aryl methyl sites for hydroxylation is 1. The predicted octanol–water partition coefficient (Wildman–Crippen LogP) is 3.55. The van der Waals surface area contributed by atoms with Crippen LogP contribution in [0.4, 0.5) is 4.39 Å². The van der Waals surface area contributed by atoms with Crippen LogP contribution in [0.3, 0.4) is 0 Å². The second kappa shape index (κ2) is 6.80. The SMILES string of the molecule is Cc1cc(F)ccc1-c1nc(OCCN2CCCC2)nc2[nH]ccc12. The summed E-state index contributed by atoms with van der Waals surface area (Å²) >= 11 is 0. The van der Waals surface area contributed by atoms with Crippen molar-refractivity contribution in [3.63, 3.8) is 0 Å². The molecule has 4 rings (SSSR count). The molecular formula is C19H21FN4O. The van der Waals surface area contributed by atoms with Crippen LogP contribution in [-0.2, 0) is 0 Å². The van der Waals surface area contributed by atoms with Gasteiger partial charge in [-0.1, -0.05) is 0 Å². The summed E-state index contributed by atoms with van der Waals surface area (Å²) in [5.41, 5.74) is 3.21. The molecule has 5 nitrogen and oxygen atoms in total. The maximum atomic E-state index is 13.4. The molecule has 6 heteroatoms. The normalized spacial score (nSPS) is 15.1. The predicted molar refractivity (Wildman–Crippen MR) is 95.2 cm³/mol. The minimum Gasteiger partial charge on any atom is -0.462 e. The van der Waals surface area contributed by atoms with E-state index in [1.54, 1.807) is 6.07 Å². The van der Waals surface area contributed by atoms with E-state index in [9.17, 15) is 4.39 Å². The Morgan fingerprint density at radius 2 is 2.04 bits per heavy atom. The van der Waals surface area contributed by atoms with Crippen molar-refractivity contribution in [1.29, 1.82) is 0 Å². The van der Waals surface area contributed by atoms with Crippen LogP contribution in [0.15, 0.2) is 30.5 Å². The fraction of sp³-hybridized carbons (Fsp3) is 0.368. The average molecular weight is 340 g/mol. The summed E-state index contributed by atoms with van der Waals surface area (Å²) in [7, 11) is 0. The van der Waals surface area contributed by atoms with Gasteiger partial charge in [0, 0.05) is 23.7 Å². The van der Waals surface area contributed by atoms with Crippen LogP contribution in [0.25, 0.3) is 22.3 Å². The van der Waals surface area contributed by atoms with Crippen molar-refractivity contribution in [3.05, 3.63) is 41.8 Å². The molecule has 1 aromatic carbocycles. The standard InChI is InChI=1S/C19H21FN4O/c1-13-12-14(20)4-5-15(13)17-16-6-7-21-18(16)23-19(22-17)25-11-10-24-8-2-3-9-24/h4-7,12H,2-3,8-11H2,1H3,(H,21,22,23). The molecule has 3 heterocycles. The summed E-state index contributed by atoms with van der Waals surface area (Å²) in [6.07, 6.45) is 4.35. The highest BCUT2D eigenvalue weighted by Gasteiger charge is 2.15. The summed E-state index contributed by atoms with van der Waals surface area (Å²) in [4.78, 5) is 14.6. The number of hydrogen-bond acceptors (Lipinski definition) is 4. The monoisotopic (exact) mass is 340 g/mol. The molecule has 0 radical (unpaired) electrons. The van der Waals surface area contributed by atoms with Gasteiger partial charge < -0.3 is 9.72 Å². The van der Waals surface area contributed by atoms with Crippen molar-refractivity contribution in [1.82, 2.24) is 19.9 Å². The number of nitrogens with one attached hydrogen (secondary N) is 1. The van der Waals surface area contributed by atoms with E-state index in [0.29, 0.717) is 12.6 Å². The lowest BCUT2D eigenvalue weighted by atomic mass is 10.0. The lowest BCUT2D eigenvalue weighted by Gasteiger charge is -2.14. The number of likely N-dealkylation sites (tertiary alicyclic amines) is 1. The van der Waals surface area contributed by atoms with E-state index in [-0.39, 0.29) is 5.82 Å². The molecule has 1 N–H and O–H groups in total. The van der Waals surface area contributed by atoms with Gasteiger partial charge >= 0.3 is 6.01 Å². The van der Waals surface area contributed by atoms with Gasteiger partial charge in [-0.3, -0.25) is 4.90 Å². The lowest BCUT2D eigenvalue weighted by Crippen LogP contribution is -2.25. The first-order valence-electron chi connectivity index (χ1n) is 8.67. The maximum Gasteiger partial charge on any atom is 0.319 e. The molecular weight excluding hydrogens is 319 g/mol. The molecule has 1 aliphatic rings. The van der Waals surface area contributed by atoms with Crippen molar-refractivity contribution < 1.29 is 9.13 Å². The van der Waals surface area contributed by atoms with E-state index >= 15 is 0 Å². The molecule has 0 atom stereocenters. The number of nitrogens with zero attached hydrogens (tertiary/aromatic N) is 3. The largest absolute Gasteiger partial charge is 0.462 e. The number of hydrogen-bond donors (Lipinski definition) is 1. The Balaban J connectivity index is 1.62. The molecule has 130 valence electrons. The van der Waals surface area contributed by atoms with E-state index in [1.165, 1.54) is 25.0 Å². The van der Waals surface area contributed by atoms with Gasteiger partial charge in [0.05, 0.1) is 5.69 Å². The van der Waals surface area contributed by atoms with Gasteiger partial charge in [0.1, 0.15) is 18.1 Å². The number of halogens is 1. The second-order valence-corrected chi connectivity index (χ2v) is 6.45. The number of H-pyrrole nitrogens is 1. The van der Waals surface area contributed by atoms with Gasteiger partial charge in [0.2, 0.25) is 0 Å². The van der Waals surface area contributed by atoms with Crippen LogP contribution in [0.5, 0.6) is 6.01 Å². The first-order valence-corrected chi connectivity index (χ1v) is 8.67. The van der Waals surface area contributed by atoms with Gasteiger partial charge in [-0.05, 0) is 62.7 Å². The van der Waals surface area contributed by atoms with E-state index in [0.717, 1.165) is 47.5 Å². The highest BCUT2D eigenvalue weighted by molar-refractivity contribution is 5.91. The summed E-state index contributed by atoms with van der Waals surface area (Å²) in [6.45, 7) is 5.61. The van der Waals surface area contributed by atoms with Gasteiger partial charge in [-0.15, -0.1) is 0 Å². The Hall–Kier alpha value is -2.47. The van der Waals surface area contributed by atoms with E-state index in [2.05, 4.69) is 19.9 Å². The van der Waals surface area contributed by atoms with Crippen LogP contribution in [0.2, 0.25) is 0 Å². The van der Waals surface area contributed by atoms with Crippen LogP contribution >= 0.6 is 0 Å². The highest BCUT2D eigenvalue weighted by Crippen LogP contribution is 2.30. The molecule has 1 fully saturated rings. The van der Waals surface area contributed by atoms with Crippen LogP contribution < -0.4 is 4.74 Å². The minimum absolute atomic E-state index is 0.247. The number of benzene rings is 1. The van der Waals surface area contributed by atoms with Crippen LogP contribution in [0.1, 0.15) is 18.4 Å². The molecule has 1 aliphatic heterocycles. The van der Waals surface area contributed by atoms with E-state index in [1.807, 2.05) is 19.2 Å². The van der Waals surface area contributed by atoms with E-state index in [4.69, 9.17) is 4.74 Å². The van der Waals surface area contributed by atoms with Gasteiger partial charge in [0.25, 0.3) is 0 Å². The molecule has 0 saturated carbocycles. The fourth-order valence-corrected chi connectivity index (χ4v) is 3.36. The van der Waals surface area contributed by atoms with Gasteiger partial charge in [0.15, 0.2) is 0 Å². The number of fused-ring (bicyclic) bond motifs is 1. The molecule has 0 aliphatic carbocycles. The number of ether oxygens (including phenoxy) is 1. The lowest BCUT2D eigenvalue weighted by molar-refractivity contribution is 0.226. The third-order valence-corrected chi connectivity index (χ3v) is 4.68. The molecule has 0 amide bonds. The smallest absolute Gasteiger partial charge is 0.319 e. The third kappa shape index (κ3) is 3.35. The summed E-state index contributed by atoms with van der Waals surface area (Å²) in [6, 6.07) is 7.02. The summed E-state index contributed by atoms with van der Waals surface area (Å²) in [5, 5.41) is 0.904. The van der Waals surface area contributed by atoms with Crippen molar-refractivity contribution in [2.45, 2.75) is 19.8 Å². The Morgan fingerprint density at radius 3 is 2.84 bits per heavy atom. The maximum absolute atomic E-state index is 13.4. The zero-order valence-corrected chi connectivity index (χ0v) is 14.3. The molecule has 2 aromatic heterocycles. The quantitative estimate of drug-likeness (QED) is 0.772. The molecule has 0 unspecified atom stereocenters. The van der Waals surface area contributed by atoms with Crippen LogP contribution in [0, 0.1) is 12.7 Å².